The first-order chi connectivity index (χ1) is 11.0. The first-order valence-electron chi connectivity index (χ1n) is 8.59. The van der Waals surface area contributed by atoms with Gasteiger partial charge in [0.25, 0.3) is 0 Å². The Hall–Kier alpha value is -1.81. The number of rotatable bonds is 2. The molecule has 4 heteroatoms. The number of amides is 1. The van der Waals surface area contributed by atoms with Gasteiger partial charge in [-0.05, 0) is 50.9 Å². The number of piperidine rings is 1. The van der Waals surface area contributed by atoms with Gasteiger partial charge in [0, 0.05) is 41.6 Å². The number of hydrogen-bond donors (Lipinski definition) is 1. The molecular formula is C19H25N3O. The third kappa shape index (κ3) is 2.12. The number of nitrogens with two attached hydrogens (primary N) is 1. The summed E-state index contributed by atoms with van der Waals surface area (Å²) in [6, 6.07) is 7.58. The molecule has 122 valence electrons. The number of hydrogen-bond acceptors (Lipinski definition) is 2. The van der Waals surface area contributed by atoms with Crippen LogP contribution in [0.2, 0.25) is 0 Å². The smallest absolute Gasteiger partial charge is 0.221 e. The van der Waals surface area contributed by atoms with Gasteiger partial charge in [-0.15, -0.1) is 0 Å². The van der Waals surface area contributed by atoms with E-state index in [4.69, 9.17) is 5.73 Å². The van der Waals surface area contributed by atoms with E-state index in [1.54, 1.807) is 0 Å². The Bertz CT molecular complexity index is 776. The summed E-state index contributed by atoms with van der Waals surface area (Å²) in [5, 5.41) is 1.42. The highest BCUT2D eigenvalue weighted by molar-refractivity contribution is 5.89. The molecule has 4 rings (SSSR count). The Kier molecular flexibility index (Phi) is 3.27. The minimum atomic E-state index is -0.159. The summed E-state index contributed by atoms with van der Waals surface area (Å²) >= 11 is 0. The van der Waals surface area contributed by atoms with E-state index in [0.29, 0.717) is 18.0 Å². The fourth-order valence-electron chi connectivity index (χ4n) is 4.71. The lowest BCUT2D eigenvalue weighted by Crippen LogP contribution is -2.50. The fourth-order valence-corrected chi connectivity index (χ4v) is 4.71. The second kappa shape index (κ2) is 5.10. The lowest BCUT2D eigenvalue weighted by atomic mass is 9.72. The van der Waals surface area contributed by atoms with Gasteiger partial charge < -0.3 is 15.2 Å². The highest BCUT2D eigenvalue weighted by Gasteiger charge is 2.41. The Morgan fingerprint density at radius 2 is 2.13 bits per heavy atom. The molecule has 1 amide bonds. The Labute approximate surface area is 137 Å². The minimum absolute atomic E-state index is 0.0368. The van der Waals surface area contributed by atoms with Crippen molar-refractivity contribution in [1.82, 2.24) is 9.47 Å². The third-order valence-electron chi connectivity index (χ3n) is 5.83. The molecule has 0 radical (unpaired) electrons. The van der Waals surface area contributed by atoms with Crippen LogP contribution in [0, 0.1) is 5.92 Å². The number of aromatic nitrogens is 1. The highest BCUT2D eigenvalue weighted by atomic mass is 16.1. The topological polar surface area (TPSA) is 51.3 Å². The predicted octanol–water partition coefficient (Wildman–Crippen LogP) is 2.67. The monoisotopic (exact) mass is 311 g/mol. The van der Waals surface area contributed by atoms with Crippen LogP contribution in [0.5, 0.6) is 0 Å². The molecule has 1 saturated heterocycles. The van der Waals surface area contributed by atoms with Crippen molar-refractivity contribution >= 4 is 16.8 Å². The minimum Gasteiger partial charge on any atom is -0.369 e. The summed E-state index contributed by atoms with van der Waals surface area (Å²) < 4.78 is 2.39. The molecule has 1 aromatic carbocycles. The lowest BCUT2D eigenvalue weighted by molar-refractivity contribution is -0.124. The summed E-state index contributed by atoms with van der Waals surface area (Å²) in [6.07, 6.45) is 4.29. The van der Waals surface area contributed by atoms with Crippen molar-refractivity contribution in [2.24, 2.45) is 11.7 Å². The van der Waals surface area contributed by atoms with Gasteiger partial charge in [0.2, 0.25) is 5.91 Å². The largest absolute Gasteiger partial charge is 0.369 e. The van der Waals surface area contributed by atoms with Gasteiger partial charge >= 0.3 is 0 Å². The van der Waals surface area contributed by atoms with Crippen molar-refractivity contribution in [2.75, 3.05) is 13.6 Å². The maximum atomic E-state index is 11.7. The second-order valence-corrected chi connectivity index (χ2v) is 7.55. The number of likely N-dealkylation sites (N-methyl/N-ethyl adjacent to an activating group) is 1. The Balaban J connectivity index is 1.87. The predicted molar refractivity (Wildman–Crippen MR) is 92.5 cm³/mol. The van der Waals surface area contributed by atoms with Crippen LogP contribution in [-0.2, 0) is 11.2 Å². The molecule has 4 nitrogen and oxygen atoms in total. The van der Waals surface area contributed by atoms with Crippen molar-refractivity contribution in [3.63, 3.8) is 0 Å². The van der Waals surface area contributed by atoms with Crippen molar-refractivity contribution < 1.29 is 4.79 Å². The van der Waals surface area contributed by atoms with Gasteiger partial charge in [-0.25, -0.2) is 0 Å². The van der Waals surface area contributed by atoms with E-state index < -0.39 is 0 Å². The van der Waals surface area contributed by atoms with E-state index in [1.807, 2.05) is 0 Å². The third-order valence-corrected chi connectivity index (χ3v) is 5.83. The van der Waals surface area contributed by atoms with Gasteiger partial charge in [-0.3, -0.25) is 4.79 Å². The quantitative estimate of drug-likeness (QED) is 0.927. The summed E-state index contributed by atoms with van der Waals surface area (Å²) in [5.41, 5.74) is 9.81. The van der Waals surface area contributed by atoms with Gasteiger partial charge in [-0.2, -0.15) is 0 Å². The first-order valence-corrected chi connectivity index (χ1v) is 8.59. The normalized spacial score (nSPS) is 27.4. The number of benzene rings is 1. The summed E-state index contributed by atoms with van der Waals surface area (Å²) in [6.45, 7) is 5.25. The molecule has 0 bridgehead atoms. The average Bonchev–Trinajstić information content (AvgIpc) is 2.88. The zero-order valence-electron chi connectivity index (χ0n) is 14.1. The van der Waals surface area contributed by atoms with Crippen LogP contribution < -0.4 is 5.73 Å². The molecule has 23 heavy (non-hydrogen) atoms. The SMILES string of the molecule is CC(C)n1cc2c3c(cccc31)[C@H]1CC(C(N)=O)CN(C)[C@@H]1C2. The molecule has 1 aromatic heterocycles. The fraction of sp³-hybridized carbons (Fsp3) is 0.526. The van der Waals surface area contributed by atoms with Crippen LogP contribution in [-0.4, -0.2) is 35.0 Å². The molecule has 1 aliphatic carbocycles. The standard InChI is InChI=1S/C19H25N3O/c1-11(2)22-10-12-8-17-15(7-13(19(20)23)9-21(17)3)14-5-4-6-16(22)18(12)14/h4-6,10-11,13,15,17H,7-9H2,1-3H3,(H2,20,23)/t13?,15-,17-/m1/s1. The van der Waals surface area contributed by atoms with Gasteiger partial charge in [-0.1, -0.05) is 12.1 Å². The van der Waals surface area contributed by atoms with Gasteiger partial charge in [0.15, 0.2) is 0 Å². The van der Waals surface area contributed by atoms with E-state index in [9.17, 15) is 4.79 Å². The van der Waals surface area contributed by atoms with Crippen molar-refractivity contribution in [1.29, 1.82) is 0 Å². The highest BCUT2D eigenvalue weighted by Crippen LogP contribution is 2.45. The van der Waals surface area contributed by atoms with Crippen molar-refractivity contribution in [3.8, 4) is 0 Å². The maximum absolute atomic E-state index is 11.7. The zero-order valence-corrected chi connectivity index (χ0v) is 14.1. The van der Waals surface area contributed by atoms with E-state index in [0.717, 1.165) is 19.4 Å². The van der Waals surface area contributed by atoms with Gasteiger partial charge in [0.1, 0.15) is 0 Å². The number of nitrogens with zero attached hydrogens (tertiary/aromatic N) is 2. The molecule has 1 fully saturated rings. The van der Waals surface area contributed by atoms with Crippen molar-refractivity contribution in [2.45, 2.75) is 44.7 Å². The van der Waals surface area contributed by atoms with Crippen LogP contribution in [0.1, 0.15) is 43.4 Å². The number of carbonyl (C=O) groups excluding carboxylic acids is 1. The van der Waals surface area contributed by atoms with E-state index in [2.05, 4.69) is 54.8 Å². The number of fused-ring (bicyclic) bond motifs is 2. The molecule has 1 unspecified atom stereocenters. The molecule has 3 atom stereocenters. The van der Waals surface area contributed by atoms with E-state index >= 15 is 0 Å². The van der Waals surface area contributed by atoms with Crippen LogP contribution in [0.3, 0.4) is 0 Å². The Morgan fingerprint density at radius 1 is 1.35 bits per heavy atom. The van der Waals surface area contributed by atoms with Crippen LogP contribution in [0.15, 0.2) is 24.4 Å². The van der Waals surface area contributed by atoms with Crippen LogP contribution >= 0.6 is 0 Å². The molecule has 1 aliphatic heterocycles. The lowest BCUT2D eigenvalue weighted by Gasteiger charge is -2.44. The molecule has 2 aromatic rings. The van der Waals surface area contributed by atoms with E-state index in [1.165, 1.54) is 22.0 Å². The summed E-state index contributed by atoms with van der Waals surface area (Å²) in [5.74, 6) is 0.212. The maximum Gasteiger partial charge on any atom is 0.221 e. The summed E-state index contributed by atoms with van der Waals surface area (Å²) in [7, 11) is 2.14. The number of carbonyl (C=O) groups is 1. The molecule has 0 spiro atoms. The number of primary amides is 1. The van der Waals surface area contributed by atoms with Crippen LogP contribution in [0.25, 0.3) is 10.9 Å². The summed E-state index contributed by atoms with van der Waals surface area (Å²) in [4.78, 5) is 14.1. The average molecular weight is 311 g/mol. The van der Waals surface area contributed by atoms with E-state index in [-0.39, 0.29) is 11.8 Å². The molecule has 2 N–H and O–H groups in total. The second-order valence-electron chi connectivity index (χ2n) is 7.55. The molecular weight excluding hydrogens is 286 g/mol. The van der Waals surface area contributed by atoms with Crippen molar-refractivity contribution in [3.05, 3.63) is 35.5 Å². The molecule has 2 aliphatic rings. The first kappa shape index (κ1) is 14.8. The zero-order chi connectivity index (χ0) is 16.3. The number of likely N-dealkylation sites (tertiary alicyclic amines) is 1. The van der Waals surface area contributed by atoms with Crippen LogP contribution in [0.4, 0.5) is 0 Å². The molecule has 0 saturated carbocycles. The molecule has 2 heterocycles. The Morgan fingerprint density at radius 3 is 2.83 bits per heavy atom. The van der Waals surface area contributed by atoms with Gasteiger partial charge in [0.05, 0.1) is 5.92 Å².